The summed E-state index contributed by atoms with van der Waals surface area (Å²) >= 11 is 0. The molecule has 1 aromatic rings. The van der Waals surface area contributed by atoms with Crippen molar-refractivity contribution in [1.82, 2.24) is 9.97 Å². The van der Waals surface area contributed by atoms with Gasteiger partial charge in [-0.1, -0.05) is 13.8 Å². The number of hydrogen-bond donors (Lipinski definition) is 0. The van der Waals surface area contributed by atoms with E-state index in [1.807, 2.05) is 13.8 Å². The summed E-state index contributed by atoms with van der Waals surface area (Å²) in [5, 5.41) is 0. The number of rotatable bonds is 3. The van der Waals surface area contributed by atoms with Gasteiger partial charge < -0.3 is 4.74 Å². The fourth-order valence-electron chi connectivity index (χ4n) is 0.873. The van der Waals surface area contributed by atoms with E-state index in [9.17, 15) is 13.2 Å². The maximum Gasteiger partial charge on any atom is 0.423 e. The Morgan fingerprint density at radius 1 is 1.40 bits per heavy atom. The van der Waals surface area contributed by atoms with Crippen LogP contribution >= 0.6 is 0 Å². The highest BCUT2D eigenvalue weighted by atomic mass is 19.4. The molecule has 0 saturated carbocycles. The summed E-state index contributed by atoms with van der Waals surface area (Å²) in [5.74, 6) is -0.271. The summed E-state index contributed by atoms with van der Waals surface area (Å²) in [7, 11) is 0. The van der Waals surface area contributed by atoms with Crippen molar-refractivity contribution in [2.45, 2.75) is 20.0 Å². The highest BCUT2D eigenvalue weighted by molar-refractivity contribution is 5.25. The minimum atomic E-state index is -4.48. The Morgan fingerprint density at radius 2 is 2.07 bits per heavy atom. The van der Waals surface area contributed by atoms with Crippen LogP contribution in [0, 0.1) is 5.92 Å². The van der Waals surface area contributed by atoms with Gasteiger partial charge in [-0.05, 0) is 5.92 Å². The van der Waals surface area contributed by atoms with Crippen LogP contribution in [0.5, 0.6) is 5.88 Å². The van der Waals surface area contributed by atoms with Gasteiger partial charge >= 0.3 is 6.18 Å². The van der Waals surface area contributed by atoms with Crippen molar-refractivity contribution in [3.8, 4) is 5.88 Å². The van der Waals surface area contributed by atoms with Gasteiger partial charge in [-0.15, -0.1) is 0 Å². The second-order valence-corrected chi connectivity index (χ2v) is 3.44. The fraction of sp³-hybridized carbons (Fsp3) is 0.556. The molecule has 0 radical (unpaired) electrons. The van der Waals surface area contributed by atoms with Crippen LogP contribution in [-0.2, 0) is 6.18 Å². The second-order valence-electron chi connectivity index (χ2n) is 3.44. The molecule has 0 unspecified atom stereocenters. The zero-order valence-electron chi connectivity index (χ0n) is 8.38. The first-order valence-electron chi connectivity index (χ1n) is 4.41. The summed E-state index contributed by atoms with van der Waals surface area (Å²) in [6.07, 6.45) is -2.73. The third-order valence-electron chi connectivity index (χ3n) is 1.53. The van der Waals surface area contributed by atoms with E-state index >= 15 is 0 Å². The average molecular weight is 220 g/mol. The van der Waals surface area contributed by atoms with Gasteiger partial charge in [0.15, 0.2) is 0 Å². The molecule has 0 aliphatic heterocycles. The lowest BCUT2D eigenvalue weighted by Crippen LogP contribution is -2.13. The van der Waals surface area contributed by atoms with Crippen LogP contribution < -0.4 is 4.74 Å². The molecule has 3 nitrogen and oxygen atoms in total. The standard InChI is InChI=1S/C9H11F3N2O/c1-6(2)4-15-8-7(9(10,11)12)3-13-5-14-8/h3,5-6H,4H2,1-2H3. The average Bonchev–Trinajstić information content (AvgIpc) is 2.13. The number of alkyl halides is 3. The molecule has 0 aliphatic rings. The van der Waals surface area contributed by atoms with E-state index in [1.54, 1.807) is 0 Å². The minimum Gasteiger partial charge on any atom is -0.477 e. The fourth-order valence-corrected chi connectivity index (χ4v) is 0.873. The first-order valence-corrected chi connectivity index (χ1v) is 4.41. The lowest BCUT2D eigenvalue weighted by atomic mass is 10.2. The molecule has 84 valence electrons. The number of ether oxygens (including phenoxy) is 1. The third kappa shape index (κ3) is 3.38. The Morgan fingerprint density at radius 3 is 2.60 bits per heavy atom. The summed E-state index contributed by atoms with van der Waals surface area (Å²) < 4.78 is 42.2. The van der Waals surface area contributed by atoms with Crippen molar-refractivity contribution in [2.24, 2.45) is 5.92 Å². The number of nitrogens with zero attached hydrogens (tertiary/aromatic N) is 2. The van der Waals surface area contributed by atoms with E-state index in [-0.39, 0.29) is 12.5 Å². The molecule has 6 heteroatoms. The first-order chi connectivity index (χ1) is 6.91. The molecule has 1 rings (SSSR count). The number of halogens is 3. The molecule has 0 saturated heterocycles. The van der Waals surface area contributed by atoms with E-state index in [2.05, 4.69) is 9.97 Å². The van der Waals surface area contributed by atoms with Gasteiger partial charge in [0, 0.05) is 6.20 Å². The van der Waals surface area contributed by atoms with E-state index in [4.69, 9.17) is 4.74 Å². The zero-order valence-corrected chi connectivity index (χ0v) is 8.38. The van der Waals surface area contributed by atoms with Crippen molar-refractivity contribution in [3.05, 3.63) is 18.1 Å². The van der Waals surface area contributed by atoms with Crippen LogP contribution in [0.2, 0.25) is 0 Å². The molecule has 0 fully saturated rings. The Kier molecular flexibility index (Phi) is 3.49. The Labute approximate surface area is 85.3 Å². The van der Waals surface area contributed by atoms with Crippen LogP contribution in [0.4, 0.5) is 13.2 Å². The van der Waals surface area contributed by atoms with E-state index in [0.717, 1.165) is 6.33 Å². The molecular formula is C9H11F3N2O. The van der Waals surface area contributed by atoms with Crippen LogP contribution in [-0.4, -0.2) is 16.6 Å². The smallest absolute Gasteiger partial charge is 0.423 e. The van der Waals surface area contributed by atoms with Crippen LogP contribution in [0.25, 0.3) is 0 Å². The Hall–Kier alpha value is -1.33. The number of hydrogen-bond acceptors (Lipinski definition) is 3. The van der Waals surface area contributed by atoms with Gasteiger partial charge in [-0.25, -0.2) is 9.97 Å². The van der Waals surface area contributed by atoms with Gasteiger partial charge in [-0.3, -0.25) is 0 Å². The van der Waals surface area contributed by atoms with Crippen molar-refractivity contribution < 1.29 is 17.9 Å². The lowest BCUT2D eigenvalue weighted by molar-refractivity contribution is -0.139. The van der Waals surface area contributed by atoms with E-state index in [1.165, 1.54) is 0 Å². The summed E-state index contributed by atoms with van der Waals surface area (Å²) in [6, 6.07) is 0. The van der Waals surface area contributed by atoms with Crippen molar-refractivity contribution in [1.29, 1.82) is 0 Å². The van der Waals surface area contributed by atoms with Crippen LogP contribution in [0.15, 0.2) is 12.5 Å². The molecule has 0 aliphatic carbocycles. The van der Waals surface area contributed by atoms with Gasteiger partial charge in [0.2, 0.25) is 5.88 Å². The molecule has 15 heavy (non-hydrogen) atoms. The zero-order chi connectivity index (χ0) is 11.5. The maximum atomic E-state index is 12.4. The van der Waals surface area contributed by atoms with Crippen molar-refractivity contribution >= 4 is 0 Å². The maximum absolute atomic E-state index is 12.4. The minimum absolute atomic E-state index is 0.140. The Bertz CT molecular complexity index is 325. The predicted octanol–water partition coefficient (Wildman–Crippen LogP) is 2.53. The summed E-state index contributed by atoms with van der Waals surface area (Å²) in [5.41, 5.74) is -0.939. The quantitative estimate of drug-likeness (QED) is 0.785. The molecule has 0 aromatic carbocycles. The highest BCUT2D eigenvalue weighted by Gasteiger charge is 2.35. The summed E-state index contributed by atoms with van der Waals surface area (Å²) in [6.45, 7) is 3.88. The van der Waals surface area contributed by atoms with Crippen molar-refractivity contribution in [3.63, 3.8) is 0 Å². The van der Waals surface area contributed by atoms with E-state index < -0.39 is 17.6 Å². The highest BCUT2D eigenvalue weighted by Crippen LogP contribution is 2.34. The molecule has 0 spiro atoms. The monoisotopic (exact) mass is 220 g/mol. The number of aromatic nitrogens is 2. The van der Waals surface area contributed by atoms with Crippen LogP contribution in [0.1, 0.15) is 19.4 Å². The third-order valence-corrected chi connectivity index (χ3v) is 1.53. The van der Waals surface area contributed by atoms with Gasteiger partial charge in [-0.2, -0.15) is 13.2 Å². The van der Waals surface area contributed by atoms with E-state index in [0.29, 0.717) is 6.20 Å². The molecule has 0 N–H and O–H groups in total. The van der Waals surface area contributed by atoms with Gasteiger partial charge in [0.1, 0.15) is 11.9 Å². The SMILES string of the molecule is CC(C)COc1ncncc1C(F)(F)F. The molecule has 0 atom stereocenters. The predicted molar refractivity (Wildman–Crippen MR) is 47.4 cm³/mol. The van der Waals surface area contributed by atoms with Crippen molar-refractivity contribution in [2.75, 3.05) is 6.61 Å². The molecule has 1 heterocycles. The molecular weight excluding hydrogens is 209 g/mol. The van der Waals surface area contributed by atoms with Crippen LogP contribution in [0.3, 0.4) is 0 Å². The molecule has 0 bridgehead atoms. The Balaban J connectivity index is 2.87. The molecule has 1 aromatic heterocycles. The topological polar surface area (TPSA) is 35.0 Å². The largest absolute Gasteiger partial charge is 0.477 e. The summed E-state index contributed by atoms with van der Waals surface area (Å²) in [4.78, 5) is 6.79. The lowest BCUT2D eigenvalue weighted by Gasteiger charge is -2.12. The van der Waals surface area contributed by atoms with Gasteiger partial charge in [0.05, 0.1) is 6.61 Å². The van der Waals surface area contributed by atoms with Gasteiger partial charge in [0.25, 0.3) is 0 Å². The second kappa shape index (κ2) is 4.46. The first kappa shape index (κ1) is 11.7. The molecule has 0 amide bonds. The normalized spacial score (nSPS) is 11.9.